The minimum atomic E-state index is 0.574. The molecule has 2 N–H and O–H groups in total. The largest absolute Gasteiger partial charge is 0.330 e. The standard InChI is InChI=1S/C11H16N6/c12-7-3-1-5-9-17-15-11(14-16-17)10-6-2-4-8-13-10/h2,4,6,8H,1,3,5,7,9,12H2. The van der Waals surface area contributed by atoms with E-state index in [1.807, 2.05) is 18.2 Å². The summed E-state index contributed by atoms with van der Waals surface area (Å²) in [6.07, 6.45) is 4.88. The van der Waals surface area contributed by atoms with Crippen LogP contribution in [0.2, 0.25) is 0 Å². The molecule has 90 valence electrons. The molecule has 0 aromatic carbocycles. The molecule has 0 aliphatic heterocycles. The minimum absolute atomic E-state index is 0.574. The summed E-state index contributed by atoms with van der Waals surface area (Å²) in [5.74, 6) is 0.574. The number of aryl methyl sites for hydroxylation is 1. The van der Waals surface area contributed by atoms with E-state index in [0.29, 0.717) is 5.82 Å². The molecule has 0 atom stereocenters. The molecule has 0 saturated heterocycles. The van der Waals surface area contributed by atoms with E-state index in [1.54, 1.807) is 11.0 Å². The van der Waals surface area contributed by atoms with E-state index >= 15 is 0 Å². The third kappa shape index (κ3) is 3.32. The van der Waals surface area contributed by atoms with Gasteiger partial charge in [-0.15, -0.1) is 10.2 Å². The zero-order valence-corrected chi connectivity index (χ0v) is 9.66. The third-order valence-electron chi connectivity index (χ3n) is 2.41. The number of nitrogens with two attached hydrogens (primary N) is 1. The summed E-state index contributed by atoms with van der Waals surface area (Å²) in [4.78, 5) is 5.79. The molecule has 2 aromatic heterocycles. The first kappa shape index (κ1) is 11.7. The summed E-state index contributed by atoms with van der Waals surface area (Å²) < 4.78 is 0. The molecule has 0 amide bonds. The van der Waals surface area contributed by atoms with E-state index < -0.39 is 0 Å². The normalized spacial score (nSPS) is 10.6. The SMILES string of the molecule is NCCCCCn1nnc(-c2ccccn2)n1. The van der Waals surface area contributed by atoms with E-state index in [0.717, 1.165) is 38.0 Å². The number of tetrazole rings is 1. The number of nitrogens with zero attached hydrogens (tertiary/aromatic N) is 5. The lowest BCUT2D eigenvalue weighted by atomic mass is 10.2. The molecule has 0 radical (unpaired) electrons. The topological polar surface area (TPSA) is 82.5 Å². The first-order chi connectivity index (χ1) is 8.40. The second-order valence-corrected chi connectivity index (χ2v) is 3.77. The van der Waals surface area contributed by atoms with Gasteiger partial charge in [-0.1, -0.05) is 12.5 Å². The van der Waals surface area contributed by atoms with Crippen molar-refractivity contribution in [1.29, 1.82) is 0 Å². The van der Waals surface area contributed by atoms with Crippen molar-refractivity contribution < 1.29 is 0 Å². The Morgan fingerprint density at radius 3 is 2.88 bits per heavy atom. The highest BCUT2D eigenvalue weighted by Gasteiger charge is 2.05. The highest BCUT2D eigenvalue weighted by atomic mass is 15.6. The van der Waals surface area contributed by atoms with Crippen LogP contribution in [0.1, 0.15) is 19.3 Å². The molecule has 2 rings (SSSR count). The fourth-order valence-electron chi connectivity index (χ4n) is 1.51. The van der Waals surface area contributed by atoms with Gasteiger partial charge in [-0.25, -0.2) is 0 Å². The number of aromatic nitrogens is 5. The lowest BCUT2D eigenvalue weighted by Crippen LogP contribution is -2.04. The molecule has 0 spiro atoms. The zero-order chi connectivity index (χ0) is 11.9. The van der Waals surface area contributed by atoms with Gasteiger partial charge in [-0.3, -0.25) is 4.98 Å². The number of hydrogen-bond acceptors (Lipinski definition) is 5. The average molecular weight is 232 g/mol. The van der Waals surface area contributed by atoms with Crippen LogP contribution in [0, 0.1) is 0 Å². The van der Waals surface area contributed by atoms with Gasteiger partial charge in [0.25, 0.3) is 0 Å². The molecular formula is C11H16N6. The van der Waals surface area contributed by atoms with Crippen LogP contribution >= 0.6 is 0 Å². The van der Waals surface area contributed by atoms with Crippen LogP contribution in [-0.2, 0) is 6.54 Å². The molecule has 0 aliphatic carbocycles. The molecule has 0 fully saturated rings. The Balaban J connectivity index is 1.92. The second-order valence-electron chi connectivity index (χ2n) is 3.77. The third-order valence-corrected chi connectivity index (χ3v) is 2.41. The minimum Gasteiger partial charge on any atom is -0.330 e. The molecule has 6 nitrogen and oxygen atoms in total. The van der Waals surface area contributed by atoms with Crippen LogP contribution in [-0.4, -0.2) is 31.7 Å². The van der Waals surface area contributed by atoms with Gasteiger partial charge in [0.05, 0.1) is 6.54 Å². The number of rotatable bonds is 6. The summed E-state index contributed by atoms with van der Waals surface area (Å²) in [7, 11) is 0. The summed E-state index contributed by atoms with van der Waals surface area (Å²) in [5, 5.41) is 12.3. The monoisotopic (exact) mass is 232 g/mol. The Kier molecular flexibility index (Phi) is 4.15. The van der Waals surface area contributed by atoms with E-state index in [9.17, 15) is 0 Å². The van der Waals surface area contributed by atoms with Crippen molar-refractivity contribution in [2.45, 2.75) is 25.8 Å². The van der Waals surface area contributed by atoms with Gasteiger partial charge in [0.2, 0.25) is 5.82 Å². The van der Waals surface area contributed by atoms with Gasteiger partial charge in [0.15, 0.2) is 0 Å². The molecule has 17 heavy (non-hydrogen) atoms. The van der Waals surface area contributed by atoms with E-state index in [2.05, 4.69) is 20.4 Å². The van der Waals surface area contributed by atoms with Crippen molar-refractivity contribution in [2.24, 2.45) is 5.73 Å². The van der Waals surface area contributed by atoms with E-state index in [4.69, 9.17) is 5.73 Å². The fourth-order valence-corrected chi connectivity index (χ4v) is 1.51. The molecule has 2 aromatic rings. The van der Waals surface area contributed by atoms with Crippen molar-refractivity contribution in [3.63, 3.8) is 0 Å². The van der Waals surface area contributed by atoms with Crippen molar-refractivity contribution in [3.05, 3.63) is 24.4 Å². The second kappa shape index (κ2) is 6.05. The maximum absolute atomic E-state index is 5.43. The fraction of sp³-hybridized carbons (Fsp3) is 0.455. The first-order valence-corrected chi connectivity index (χ1v) is 5.79. The van der Waals surface area contributed by atoms with Crippen molar-refractivity contribution >= 4 is 0 Å². The maximum atomic E-state index is 5.43. The van der Waals surface area contributed by atoms with Crippen LogP contribution in [0.5, 0.6) is 0 Å². The maximum Gasteiger partial charge on any atom is 0.223 e. The van der Waals surface area contributed by atoms with Crippen LogP contribution in [0.25, 0.3) is 11.5 Å². The van der Waals surface area contributed by atoms with Crippen LogP contribution in [0.3, 0.4) is 0 Å². The quantitative estimate of drug-likeness (QED) is 0.747. The Labute approximate surface area is 99.9 Å². The van der Waals surface area contributed by atoms with E-state index in [-0.39, 0.29) is 0 Å². The van der Waals surface area contributed by atoms with Crippen molar-refractivity contribution in [1.82, 2.24) is 25.2 Å². The number of hydrogen-bond donors (Lipinski definition) is 1. The Hall–Kier alpha value is -1.82. The molecular weight excluding hydrogens is 216 g/mol. The summed E-state index contributed by atoms with van der Waals surface area (Å²) >= 11 is 0. The molecule has 0 saturated carbocycles. The highest BCUT2D eigenvalue weighted by molar-refractivity contribution is 5.46. The molecule has 6 heteroatoms. The van der Waals surface area contributed by atoms with Crippen LogP contribution in [0.4, 0.5) is 0 Å². The number of pyridine rings is 1. The van der Waals surface area contributed by atoms with Crippen molar-refractivity contribution in [3.8, 4) is 11.5 Å². The van der Waals surface area contributed by atoms with Gasteiger partial charge in [0.1, 0.15) is 5.69 Å². The van der Waals surface area contributed by atoms with Gasteiger partial charge in [-0.05, 0) is 36.7 Å². The summed E-state index contributed by atoms with van der Waals surface area (Å²) in [6, 6.07) is 5.64. The van der Waals surface area contributed by atoms with Gasteiger partial charge >= 0.3 is 0 Å². The van der Waals surface area contributed by atoms with Crippen molar-refractivity contribution in [2.75, 3.05) is 6.54 Å². The predicted octanol–water partition coefficient (Wildman–Crippen LogP) is 0.864. The Bertz CT molecular complexity index is 438. The first-order valence-electron chi connectivity index (χ1n) is 5.79. The zero-order valence-electron chi connectivity index (χ0n) is 9.66. The highest BCUT2D eigenvalue weighted by Crippen LogP contribution is 2.08. The predicted molar refractivity (Wildman–Crippen MR) is 64.0 cm³/mol. The summed E-state index contributed by atoms with van der Waals surface area (Å²) in [5.41, 5.74) is 6.18. The molecule has 0 aliphatic rings. The average Bonchev–Trinajstić information content (AvgIpc) is 2.85. The van der Waals surface area contributed by atoms with Gasteiger partial charge in [-0.2, -0.15) is 4.80 Å². The van der Waals surface area contributed by atoms with Crippen LogP contribution < -0.4 is 5.73 Å². The van der Waals surface area contributed by atoms with Gasteiger partial charge < -0.3 is 5.73 Å². The Morgan fingerprint density at radius 2 is 2.12 bits per heavy atom. The smallest absolute Gasteiger partial charge is 0.223 e. The molecule has 0 unspecified atom stereocenters. The Morgan fingerprint density at radius 1 is 1.18 bits per heavy atom. The number of unbranched alkanes of at least 4 members (excludes halogenated alkanes) is 2. The lowest BCUT2D eigenvalue weighted by molar-refractivity contribution is 0.483. The molecule has 2 heterocycles. The van der Waals surface area contributed by atoms with Gasteiger partial charge in [0, 0.05) is 6.20 Å². The summed E-state index contributed by atoms with van der Waals surface area (Å²) in [6.45, 7) is 1.52. The lowest BCUT2D eigenvalue weighted by Gasteiger charge is -1.97. The van der Waals surface area contributed by atoms with E-state index in [1.165, 1.54) is 0 Å². The molecule has 0 bridgehead atoms. The van der Waals surface area contributed by atoms with Crippen LogP contribution in [0.15, 0.2) is 24.4 Å².